The molecule has 0 saturated carbocycles. The summed E-state index contributed by atoms with van der Waals surface area (Å²) in [6.45, 7) is 0. The molecule has 5 nitrogen and oxygen atoms in total. The Kier molecular flexibility index (Phi) is 3.02. The molecule has 1 heterocycles. The molecule has 21 heavy (non-hydrogen) atoms. The van der Waals surface area contributed by atoms with Crippen molar-refractivity contribution >= 4 is 16.8 Å². The van der Waals surface area contributed by atoms with Crippen LogP contribution in [-0.2, 0) is 0 Å². The van der Waals surface area contributed by atoms with Crippen molar-refractivity contribution in [3.05, 3.63) is 54.2 Å². The van der Waals surface area contributed by atoms with Crippen LogP contribution in [0.25, 0.3) is 16.6 Å². The zero-order chi connectivity index (χ0) is 15.0. The largest absolute Gasteiger partial charge is 0.508 e. The zero-order valence-electron chi connectivity index (χ0n) is 11.4. The second-order valence-electron chi connectivity index (χ2n) is 4.64. The average Bonchev–Trinajstić information content (AvgIpc) is 2.85. The fourth-order valence-electron chi connectivity index (χ4n) is 2.46. The molecule has 3 N–H and O–H groups in total. The van der Waals surface area contributed by atoms with Crippen LogP contribution < -0.4 is 10.5 Å². The van der Waals surface area contributed by atoms with E-state index in [1.54, 1.807) is 35.9 Å². The molecule has 0 bridgehead atoms. The molecular weight excluding hydrogens is 268 g/mol. The molecule has 106 valence electrons. The zero-order valence-corrected chi connectivity index (χ0v) is 11.4. The van der Waals surface area contributed by atoms with Crippen molar-refractivity contribution < 1.29 is 14.6 Å². The van der Waals surface area contributed by atoms with Crippen LogP contribution in [0, 0.1) is 0 Å². The van der Waals surface area contributed by atoms with Crippen molar-refractivity contribution in [3.63, 3.8) is 0 Å². The second kappa shape index (κ2) is 4.86. The second-order valence-corrected chi connectivity index (χ2v) is 4.64. The predicted molar refractivity (Wildman–Crippen MR) is 80.0 cm³/mol. The van der Waals surface area contributed by atoms with Gasteiger partial charge >= 0.3 is 0 Å². The number of carbonyl (C=O) groups is 1. The topological polar surface area (TPSA) is 77.5 Å². The quantitative estimate of drug-likeness (QED) is 0.774. The van der Waals surface area contributed by atoms with Gasteiger partial charge in [-0.25, -0.2) is 0 Å². The molecule has 0 aliphatic heterocycles. The van der Waals surface area contributed by atoms with Crippen LogP contribution in [0.5, 0.6) is 11.5 Å². The number of benzene rings is 2. The van der Waals surface area contributed by atoms with Gasteiger partial charge in [-0.3, -0.25) is 4.79 Å². The molecule has 1 aromatic heterocycles. The van der Waals surface area contributed by atoms with E-state index in [2.05, 4.69) is 0 Å². The average molecular weight is 282 g/mol. The van der Waals surface area contributed by atoms with Crippen molar-refractivity contribution in [1.82, 2.24) is 4.57 Å². The van der Waals surface area contributed by atoms with Gasteiger partial charge in [0.05, 0.1) is 18.3 Å². The predicted octanol–water partition coefficient (Wildman–Crippen LogP) is 2.44. The standard InChI is InChI=1S/C16H14N2O3/c1-21-15-5-3-2-4-13(15)18-12-7-6-11(19)8-10(12)9-14(18)16(17)20/h2-9,19H,1H3,(H2,17,20). The van der Waals surface area contributed by atoms with Crippen LogP contribution in [0.15, 0.2) is 48.5 Å². The van der Waals surface area contributed by atoms with Crippen molar-refractivity contribution in [2.75, 3.05) is 7.11 Å². The lowest BCUT2D eigenvalue weighted by Crippen LogP contribution is -2.16. The van der Waals surface area contributed by atoms with Crippen molar-refractivity contribution in [1.29, 1.82) is 0 Å². The van der Waals surface area contributed by atoms with Crippen LogP contribution in [0.4, 0.5) is 0 Å². The summed E-state index contributed by atoms with van der Waals surface area (Å²) < 4.78 is 7.09. The number of phenolic OH excluding ortho intramolecular Hbond substituents is 1. The van der Waals surface area contributed by atoms with E-state index in [1.165, 1.54) is 0 Å². The van der Waals surface area contributed by atoms with Gasteiger partial charge < -0.3 is 20.1 Å². The highest BCUT2D eigenvalue weighted by Gasteiger charge is 2.17. The van der Waals surface area contributed by atoms with Gasteiger partial charge in [-0.1, -0.05) is 12.1 Å². The number of para-hydroxylation sites is 2. The Balaban J connectivity index is 2.39. The maximum absolute atomic E-state index is 11.7. The minimum atomic E-state index is -0.545. The third kappa shape index (κ3) is 2.08. The fraction of sp³-hybridized carbons (Fsp3) is 0.0625. The Morgan fingerprint density at radius 1 is 1.19 bits per heavy atom. The number of primary amides is 1. The minimum absolute atomic E-state index is 0.135. The molecule has 0 radical (unpaired) electrons. The summed E-state index contributed by atoms with van der Waals surface area (Å²) in [4.78, 5) is 11.7. The summed E-state index contributed by atoms with van der Waals surface area (Å²) in [5, 5.41) is 10.3. The summed E-state index contributed by atoms with van der Waals surface area (Å²) >= 11 is 0. The Morgan fingerprint density at radius 2 is 1.95 bits per heavy atom. The number of methoxy groups -OCH3 is 1. The lowest BCUT2D eigenvalue weighted by molar-refractivity contribution is 0.0994. The maximum atomic E-state index is 11.7. The molecule has 0 saturated heterocycles. The lowest BCUT2D eigenvalue weighted by Gasteiger charge is -2.13. The summed E-state index contributed by atoms with van der Waals surface area (Å²) in [7, 11) is 1.57. The van der Waals surface area contributed by atoms with E-state index in [0.29, 0.717) is 11.4 Å². The number of hydrogen-bond acceptors (Lipinski definition) is 3. The van der Waals surface area contributed by atoms with Crippen LogP contribution in [0.1, 0.15) is 10.5 Å². The molecule has 0 fully saturated rings. The fourth-order valence-corrected chi connectivity index (χ4v) is 2.46. The molecule has 3 aromatic rings. The van der Waals surface area contributed by atoms with Gasteiger partial charge in [0.2, 0.25) is 0 Å². The number of nitrogens with two attached hydrogens (primary N) is 1. The number of carbonyl (C=O) groups excluding carboxylic acids is 1. The summed E-state index contributed by atoms with van der Waals surface area (Å²) in [5.41, 5.74) is 7.30. The highest BCUT2D eigenvalue weighted by atomic mass is 16.5. The highest BCUT2D eigenvalue weighted by molar-refractivity contribution is 5.99. The van der Waals surface area contributed by atoms with Crippen molar-refractivity contribution in [3.8, 4) is 17.2 Å². The van der Waals surface area contributed by atoms with E-state index >= 15 is 0 Å². The molecule has 0 aliphatic carbocycles. The number of amides is 1. The van der Waals surface area contributed by atoms with Gasteiger partial charge in [-0.15, -0.1) is 0 Å². The number of ether oxygens (including phenoxy) is 1. The number of aromatic hydroxyl groups is 1. The first-order chi connectivity index (χ1) is 10.1. The molecule has 0 spiro atoms. The number of fused-ring (bicyclic) bond motifs is 1. The molecule has 5 heteroatoms. The van der Waals surface area contributed by atoms with Crippen LogP contribution in [-0.4, -0.2) is 22.7 Å². The normalized spacial score (nSPS) is 10.7. The first kappa shape index (κ1) is 13.1. The summed E-state index contributed by atoms with van der Waals surface area (Å²) in [5.74, 6) is 0.220. The minimum Gasteiger partial charge on any atom is -0.508 e. The van der Waals surface area contributed by atoms with E-state index in [9.17, 15) is 9.90 Å². The molecule has 0 aliphatic rings. The Labute approximate surface area is 121 Å². The molecule has 2 aromatic carbocycles. The summed E-state index contributed by atoms with van der Waals surface area (Å²) in [6.07, 6.45) is 0. The molecule has 0 atom stereocenters. The van der Waals surface area contributed by atoms with Gasteiger partial charge in [0.25, 0.3) is 5.91 Å². The molecule has 0 unspecified atom stereocenters. The highest BCUT2D eigenvalue weighted by Crippen LogP contribution is 2.31. The smallest absolute Gasteiger partial charge is 0.265 e. The van der Waals surface area contributed by atoms with E-state index < -0.39 is 5.91 Å². The third-order valence-electron chi connectivity index (χ3n) is 3.36. The number of hydrogen-bond donors (Lipinski definition) is 2. The van der Waals surface area contributed by atoms with E-state index in [-0.39, 0.29) is 5.75 Å². The van der Waals surface area contributed by atoms with Crippen molar-refractivity contribution in [2.45, 2.75) is 0 Å². The van der Waals surface area contributed by atoms with Crippen LogP contribution in [0.2, 0.25) is 0 Å². The number of nitrogens with zero attached hydrogens (tertiary/aromatic N) is 1. The van der Waals surface area contributed by atoms with E-state index in [4.69, 9.17) is 10.5 Å². The molecule has 3 rings (SSSR count). The van der Waals surface area contributed by atoms with Crippen LogP contribution >= 0.6 is 0 Å². The Hall–Kier alpha value is -2.95. The Morgan fingerprint density at radius 3 is 2.67 bits per heavy atom. The number of phenols is 1. The van der Waals surface area contributed by atoms with Crippen LogP contribution in [0.3, 0.4) is 0 Å². The van der Waals surface area contributed by atoms with Gasteiger partial charge in [0.1, 0.15) is 17.2 Å². The van der Waals surface area contributed by atoms with E-state index in [1.807, 2.05) is 24.3 Å². The third-order valence-corrected chi connectivity index (χ3v) is 3.36. The van der Waals surface area contributed by atoms with E-state index in [0.717, 1.165) is 16.6 Å². The monoisotopic (exact) mass is 282 g/mol. The number of rotatable bonds is 3. The maximum Gasteiger partial charge on any atom is 0.265 e. The summed E-state index contributed by atoms with van der Waals surface area (Å²) in [6, 6.07) is 13.9. The van der Waals surface area contributed by atoms with Gasteiger partial charge in [0.15, 0.2) is 0 Å². The lowest BCUT2D eigenvalue weighted by atomic mass is 10.2. The Bertz CT molecular complexity index is 837. The van der Waals surface area contributed by atoms with Gasteiger partial charge in [-0.05, 0) is 36.4 Å². The number of aromatic nitrogens is 1. The van der Waals surface area contributed by atoms with Gasteiger partial charge in [-0.2, -0.15) is 0 Å². The molecule has 1 amide bonds. The van der Waals surface area contributed by atoms with Gasteiger partial charge in [0, 0.05) is 5.39 Å². The first-order valence-corrected chi connectivity index (χ1v) is 6.39. The molecular formula is C16H14N2O3. The van der Waals surface area contributed by atoms with Crippen molar-refractivity contribution in [2.24, 2.45) is 5.73 Å². The first-order valence-electron chi connectivity index (χ1n) is 6.39. The SMILES string of the molecule is COc1ccccc1-n1c(C(N)=O)cc2cc(O)ccc21.